The van der Waals surface area contributed by atoms with Gasteiger partial charge in [0.2, 0.25) is 0 Å². The van der Waals surface area contributed by atoms with Gasteiger partial charge in [-0.05, 0) is 22.8 Å². The second-order valence-electron chi connectivity index (χ2n) is 5.74. The van der Waals surface area contributed by atoms with Crippen molar-refractivity contribution in [3.63, 3.8) is 0 Å². The van der Waals surface area contributed by atoms with Crippen LogP contribution in [0.25, 0.3) is 11.1 Å². The van der Waals surface area contributed by atoms with Crippen LogP contribution in [-0.2, 0) is 11.2 Å². The Hall–Kier alpha value is -3.71. The number of fused-ring (bicyclic) bond motifs is 1. The van der Waals surface area contributed by atoms with Gasteiger partial charge in [0.05, 0.1) is 5.56 Å². The average Bonchev–Trinajstić information content (AvgIpc) is 2.62. The summed E-state index contributed by atoms with van der Waals surface area (Å²) < 4.78 is 4.48. The van der Waals surface area contributed by atoms with Crippen LogP contribution in [0, 0.1) is 12.5 Å². The highest BCUT2D eigenvalue weighted by Crippen LogP contribution is 2.30. The second kappa shape index (κ2) is 7.45. The minimum absolute atomic E-state index is 0.0457. The summed E-state index contributed by atoms with van der Waals surface area (Å²) in [5.74, 6) is -1.20. The van der Waals surface area contributed by atoms with E-state index < -0.39 is 5.97 Å². The Balaban J connectivity index is 0.000000269. The van der Waals surface area contributed by atoms with E-state index in [2.05, 4.69) is 29.0 Å². The predicted octanol–water partition coefficient (Wildman–Crippen LogP) is 4.10. The quantitative estimate of drug-likeness (QED) is 0.434. The smallest absolute Gasteiger partial charge is 0.352 e. The Morgan fingerprint density at radius 3 is 2.08 bits per heavy atom. The van der Waals surface area contributed by atoms with Gasteiger partial charge >= 0.3 is 5.97 Å². The van der Waals surface area contributed by atoms with Crippen LogP contribution in [0.5, 0.6) is 11.5 Å². The molecule has 0 aromatic heterocycles. The molecule has 0 radical (unpaired) electrons. The maximum atomic E-state index is 11.8. The third-order valence-corrected chi connectivity index (χ3v) is 4.02. The van der Waals surface area contributed by atoms with Crippen LogP contribution < -0.4 is 0 Å². The molecule has 0 bridgehead atoms. The third-order valence-electron chi connectivity index (χ3n) is 4.02. The number of hydrogen-bond acceptors (Lipinski definition) is 4. The molecule has 2 N–H and O–H groups in total. The van der Waals surface area contributed by atoms with Crippen molar-refractivity contribution in [1.82, 2.24) is 0 Å². The summed E-state index contributed by atoms with van der Waals surface area (Å²) in [5.41, 5.74) is 4.16. The molecule has 4 nitrogen and oxygen atoms in total. The van der Waals surface area contributed by atoms with Crippen LogP contribution in [0.15, 0.2) is 66.7 Å². The molecule has 4 heteroatoms. The summed E-state index contributed by atoms with van der Waals surface area (Å²) in [6.07, 6.45) is 7.03. The summed E-state index contributed by atoms with van der Waals surface area (Å²) in [6.45, 7) is 0. The number of phenolic OH excluding ortho intramolecular Hbond substituents is 2. The molecule has 0 saturated heterocycles. The molecule has 128 valence electrons. The lowest BCUT2D eigenvalue weighted by atomic mass is 9.95. The van der Waals surface area contributed by atoms with Gasteiger partial charge in [-0.3, -0.25) is 0 Å². The summed E-state index contributed by atoms with van der Waals surface area (Å²) in [5, 5.41) is 19.4. The molecular formula is C22H16O4. The van der Waals surface area contributed by atoms with Crippen molar-refractivity contribution in [3.8, 4) is 35.2 Å². The SMILES string of the molecule is C#COC(=O)c1cc(O)cc(O)c1Cc1ccccc1.c1cc2ccc1-2. The number of esters is 1. The number of carbonyl (C=O) groups excluding carboxylic acids is 1. The molecule has 0 heterocycles. The van der Waals surface area contributed by atoms with Crippen LogP contribution in [0.4, 0.5) is 0 Å². The Labute approximate surface area is 151 Å². The van der Waals surface area contributed by atoms with Gasteiger partial charge in [0, 0.05) is 18.1 Å². The summed E-state index contributed by atoms with van der Waals surface area (Å²) in [4.78, 5) is 11.8. The second-order valence-corrected chi connectivity index (χ2v) is 5.74. The largest absolute Gasteiger partial charge is 0.508 e. The lowest BCUT2D eigenvalue weighted by Gasteiger charge is -2.10. The Bertz CT molecular complexity index is 947. The fourth-order valence-corrected chi connectivity index (χ4v) is 2.58. The first-order chi connectivity index (χ1) is 12.6. The number of carbonyl (C=O) groups is 1. The van der Waals surface area contributed by atoms with Crippen molar-refractivity contribution in [2.75, 3.05) is 0 Å². The van der Waals surface area contributed by atoms with Gasteiger partial charge in [-0.15, -0.1) is 0 Å². The zero-order valence-corrected chi connectivity index (χ0v) is 13.8. The van der Waals surface area contributed by atoms with Gasteiger partial charge in [0.15, 0.2) is 0 Å². The zero-order chi connectivity index (χ0) is 18.5. The summed E-state index contributed by atoms with van der Waals surface area (Å²) in [6, 6.07) is 20.2. The van der Waals surface area contributed by atoms with Crippen molar-refractivity contribution in [3.05, 3.63) is 83.4 Å². The van der Waals surface area contributed by atoms with Crippen molar-refractivity contribution >= 4 is 5.97 Å². The number of rotatable bonds is 3. The summed E-state index contributed by atoms with van der Waals surface area (Å²) in [7, 11) is 0. The first-order valence-corrected chi connectivity index (χ1v) is 7.94. The van der Waals surface area contributed by atoms with E-state index in [9.17, 15) is 15.0 Å². The normalized spacial score (nSPS) is 10.1. The number of hydrogen-bond donors (Lipinski definition) is 2. The number of terminal acetylenes is 1. The van der Waals surface area contributed by atoms with Crippen molar-refractivity contribution in [2.45, 2.75) is 6.42 Å². The first-order valence-electron chi connectivity index (χ1n) is 7.94. The molecule has 2 aliphatic carbocycles. The van der Waals surface area contributed by atoms with E-state index in [1.807, 2.05) is 30.3 Å². The molecule has 0 aliphatic heterocycles. The molecule has 2 aromatic carbocycles. The molecule has 2 aromatic rings. The van der Waals surface area contributed by atoms with Crippen molar-refractivity contribution in [2.24, 2.45) is 0 Å². The van der Waals surface area contributed by atoms with E-state index in [-0.39, 0.29) is 17.1 Å². The van der Waals surface area contributed by atoms with Gasteiger partial charge in [-0.2, -0.15) is 0 Å². The molecular weight excluding hydrogens is 328 g/mol. The Morgan fingerprint density at radius 1 is 0.962 bits per heavy atom. The highest BCUT2D eigenvalue weighted by Gasteiger charge is 2.18. The van der Waals surface area contributed by atoms with E-state index in [0.29, 0.717) is 12.0 Å². The van der Waals surface area contributed by atoms with Gasteiger partial charge in [-0.1, -0.05) is 61.0 Å². The molecule has 0 amide bonds. The molecule has 2 aliphatic rings. The monoisotopic (exact) mass is 344 g/mol. The molecule has 0 unspecified atom stereocenters. The Morgan fingerprint density at radius 2 is 1.58 bits per heavy atom. The number of aromatic hydroxyl groups is 2. The molecule has 0 atom stereocenters. The molecule has 0 spiro atoms. The Kier molecular flexibility index (Phi) is 4.91. The lowest BCUT2D eigenvalue weighted by Crippen LogP contribution is -2.06. The van der Waals surface area contributed by atoms with E-state index in [4.69, 9.17) is 6.42 Å². The topological polar surface area (TPSA) is 66.8 Å². The van der Waals surface area contributed by atoms with Crippen LogP contribution in [0.3, 0.4) is 0 Å². The van der Waals surface area contributed by atoms with Crippen LogP contribution in [-0.4, -0.2) is 16.2 Å². The summed E-state index contributed by atoms with van der Waals surface area (Å²) >= 11 is 0. The first kappa shape index (κ1) is 17.1. The zero-order valence-electron chi connectivity index (χ0n) is 13.8. The molecule has 26 heavy (non-hydrogen) atoms. The minimum atomic E-state index is -0.787. The predicted molar refractivity (Wildman–Crippen MR) is 98.7 cm³/mol. The molecule has 0 saturated carbocycles. The number of ether oxygens (including phenoxy) is 1. The van der Waals surface area contributed by atoms with Crippen molar-refractivity contribution < 1.29 is 19.7 Å². The van der Waals surface area contributed by atoms with Crippen molar-refractivity contribution in [1.29, 1.82) is 0 Å². The highest BCUT2D eigenvalue weighted by atomic mass is 16.5. The molecule has 4 rings (SSSR count). The number of benzene rings is 3. The van der Waals surface area contributed by atoms with Gasteiger partial charge in [-0.25, -0.2) is 4.79 Å². The van der Waals surface area contributed by atoms with Crippen LogP contribution >= 0.6 is 0 Å². The van der Waals surface area contributed by atoms with E-state index in [1.54, 1.807) is 6.11 Å². The van der Waals surface area contributed by atoms with E-state index >= 15 is 0 Å². The maximum absolute atomic E-state index is 11.8. The average molecular weight is 344 g/mol. The standard InChI is InChI=1S/C16H12O4.C6H4/c1-2-20-16(19)14-9-12(17)10-15(18)13(14)8-11-6-4-3-5-7-11;1-2-6-4-3-5(1)6/h1,3-7,9-10,17-18H,8H2;1-4H. The van der Waals surface area contributed by atoms with Gasteiger partial charge in [0.25, 0.3) is 0 Å². The van der Waals surface area contributed by atoms with Crippen LogP contribution in [0.1, 0.15) is 21.5 Å². The van der Waals surface area contributed by atoms with E-state index in [0.717, 1.165) is 5.56 Å². The highest BCUT2D eigenvalue weighted by molar-refractivity contribution is 5.93. The fraction of sp³-hybridized carbons (Fsp3) is 0.0455. The lowest BCUT2D eigenvalue weighted by molar-refractivity contribution is 0.0689. The number of phenols is 2. The van der Waals surface area contributed by atoms with Gasteiger partial charge in [0.1, 0.15) is 17.6 Å². The van der Waals surface area contributed by atoms with Crippen LogP contribution in [0.2, 0.25) is 0 Å². The third kappa shape index (κ3) is 3.68. The molecule has 0 fully saturated rings. The minimum Gasteiger partial charge on any atom is -0.508 e. The van der Waals surface area contributed by atoms with Gasteiger partial charge < -0.3 is 14.9 Å². The maximum Gasteiger partial charge on any atom is 0.352 e. The van der Waals surface area contributed by atoms with E-state index in [1.165, 1.54) is 23.3 Å². The fourth-order valence-electron chi connectivity index (χ4n) is 2.58.